The summed E-state index contributed by atoms with van der Waals surface area (Å²) in [6, 6.07) is 16.4. The molecule has 2 aromatic carbocycles. The summed E-state index contributed by atoms with van der Waals surface area (Å²) >= 11 is 6.94. The normalized spacial score (nSPS) is 16.8. The average Bonchev–Trinajstić information content (AvgIpc) is 3.04. The SMILES string of the molecule is Brc1ccc(C2=Nc3nnnn3C(c3ccc(Br)cc3)C2)cc1. The van der Waals surface area contributed by atoms with Gasteiger partial charge in [0.25, 0.3) is 5.95 Å². The second-order valence-corrected chi connectivity index (χ2v) is 7.09. The Labute approximate surface area is 149 Å². The molecule has 1 atom stereocenters. The molecule has 1 aromatic heterocycles. The maximum absolute atomic E-state index is 4.62. The van der Waals surface area contributed by atoms with Gasteiger partial charge in [0.05, 0.1) is 11.8 Å². The lowest BCUT2D eigenvalue weighted by atomic mass is 9.96. The van der Waals surface area contributed by atoms with Crippen LogP contribution in [0.5, 0.6) is 0 Å². The largest absolute Gasteiger partial charge is 0.269 e. The molecule has 1 aliphatic rings. The van der Waals surface area contributed by atoms with Gasteiger partial charge in [-0.15, -0.1) is 0 Å². The molecule has 0 N–H and O–H groups in total. The Bertz CT molecular complexity index is 868. The molecular weight excluding hydrogens is 422 g/mol. The zero-order valence-electron chi connectivity index (χ0n) is 11.9. The van der Waals surface area contributed by atoms with Crippen LogP contribution in [-0.4, -0.2) is 25.9 Å². The van der Waals surface area contributed by atoms with Gasteiger partial charge >= 0.3 is 0 Å². The minimum Gasteiger partial charge on any atom is -0.214 e. The first-order chi connectivity index (χ1) is 11.2. The van der Waals surface area contributed by atoms with Gasteiger partial charge in [-0.1, -0.05) is 61.2 Å². The first-order valence-corrected chi connectivity index (χ1v) is 8.66. The Morgan fingerprint density at radius 3 is 2.26 bits per heavy atom. The molecule has 1 unspecified atom stereocenters. The fraction of sp³-hybridized carbons (Fsp3) is 0.125. The third kappa shape index (κ3) is 2.86. The minimum absolute atomic E-state index is 0.0456. The van der Waals surface area contributed by atoms with E-state index in [4.69, 9.17) is 0 Å². The van der Waals surface area contributed by atoms with Crippen molar-refractivity contribution >= 4 is 43.5 Å². The van der Waals surface area contributed by atoms with E-state index in [1.807, 2.05) is 24.3 Å². The highest BCUT2D eigenvalue weighted by Crippen LogP contribution is 2.32. The fourth-order valence-electron chi connectivity index (χ4n) is 2.67. The number of hydrogen-bond acceptors (Lipinski definition) is 4. The highest BCUT2D eigenvalue weighted by molar-refractivity contribution is 9.10. The van der Waals surface area contributed by atoms with Gasteiger partial charge in [0.1, 0.15) is 0 Å². The second kappa shape index (κ2) is 5.98. The Morgan fingerprint density at radius 2 is 1.57 bits per heavy atom. The van der Waals surface area contributed by atoms with Crippen molar-refractivity contribution in [1.82, 2.24) is 20.2 Å². The predicted octanol–water partition coefficient (Wildman–Crippen LogP) is 4.31. The van der Waals surface area contributed by atoms with Crippen LogP contribution < -0.4 is 0 Å². The predicted molar refractivity (Wildman–Crippen MR) is 95.1 cm³/mol. The fourth-order valence-corrected chi connectivity index (χ4v) is 3.20. The van der Waals surface area contributed by atoms with E-state index in [9.17, 15) is 0 Å². The van der Waals surface area contributed by atoms with Gasteiger partial charge in [-0.05, 0) is 45.8 Å². The number of halogens is 2. The van der Waals surface area contributed by atoms with Gasteiger partial charge in [0.15, 0.2) is 0 Å². The summed E-state index contributed by atoms with van der Waals surface area (Å²) in [5.41, 5.74) is 3.24. The molecule has 5 nitrogen and oxygen atoms in total. The van der Waals surface area contributed by atoms with E-state index in [-0.39, 0.29) is 6.04 Å². The first kappa shape index (κ1) is 14.7. The topological polar surface area (TPSA) is 56.0 Å². The highest BCUT2D eigenvalue weighted by Gasteiger charge is 2.26. The number of rotatable bonds is 2. The van der Waals surface area contributed by atoms with Crippen LogP contribution in [0, 0.1) is 0 Å². The molecule has 0 saturated heterocycles. The molecule has 4 rings (SSSR count). The molecule has 2 heterocycles. The van der Waals surface area contributed by atoms with Crippen molar-refractivity contribution in [3.05, 3.63) is 68.6 Å². The van der Waals surface area contributed by atoms with Crippen molar-refractivity contribution in [1.29, 1.82) is 0 Å². The summed E-state index contributed by atoms with van der Waals surface area (Å²) in [5, 5.41) is 11.9. The van der Waals surface area contributed by atoms with Gasteiger partial charge in [-0.3, -0.25) is 0 Å². The van der Waals surface area contributed by atoms with Crippen LogP contribution in [0.2, 0.25) is 0 Å². The quantitative estimate of drug-likeness (QED) is 0.606. The van der Waals surface area contributed by atoms with Crippen LogP contribution in [0.1, 0.15) is 23.6 Å². The van der Waals surface area contributed by atoms with E-state index >= 15 is 0 Å². The molecule has 0 radical (unpaired) electrons. The van der Waals surface area contributed by atoms with E-state index in [0.29, 0.717) is 5.95 Å². The van der Waals surface area contributed by atoms with Crippen molar-refractivity contribution in [2.75, 3.05) is 0 Å². The molecule has 0 amide bonds. The number of nitrogens with zero attached hydrogens (tertiary/aromatic N) is 5. The molecule has 0 saturated carbocycles. The summed E-state index contributed by atoms with van der Waals surface area (Å²) in [6.07, 6.45) is 0.751. The summed E-state index contributed by atoms with van der Waals surface area (Å²) in [6.45, 7) is 0. The Kier molecular flexibility index (Phi) is 3.82. The molecule has 0 bridgehead atoms. The monoisotopic (exact) mass is 431 g/mol. The zero-order valence-corrected chi connectivity index (χ0v) is 15.1. The maximum atomic E-state index is 4.62. The average molecular weight is 433 g/mol. The van der Waals surface area contributed by atoms with E-state index in [0.717, 1.165) is 32.2 Å². The third-order valence-electron chi connectivity index (χ3n) is 3.82. The van der Waals surface area contributed by atoms with Gasteiger partial charge in [-0.2, -0.15) is 0 Å². The molecule has 0 fully saturated rings. The van der Waals surface area contributed by atoms with Crippen molar-refractivity contribution in [2.45, 2.75) is 12.5 Å². The Morgan fingerprint density at radius 1 is 0.913 bits per heavy atom. The van der Waals surface area contributed by atoms with Crippen LogP contribution in [0.4, 0.5) is 5.95 Å². The minimum atomic E-state index is 0.0456. The first-order valence-electron chi connectivity index (χ1n) is 7.07. The van der Waals surface area contributed by atoms with E-state index in [1.54, 1.807) is 4.68 Å². The van der Waals surface area contributed by atoms with Gasteiger partial charge in [0, 0.05) is 15.4 Å². The molecule has 114 valence electrons. The Balaban J connectivity index is 1.77. The second-order valence-electron chi connectivity index (χ2n) is 5.26. The molecule has 3 aromatic rings. The zero-order chi connectivity index (χ0) is 15.8. The van der Waals surface area contributed by atoms with E-state index in [2.05, 4.69) is 76.6 Å². The summed E-state index contributed by atoms with van der Waals surface area (Å²) in [4.78, 5) is 4.62. The molecule has 0 aliphatic carbocycles. The summed E-state index contributed by atoms with van der Waals surface area (Å²) in [7, 11) is 0. The molecule has 23 heavy (non-hydrogen) atoms. The molecule has 7 heteroatoms. The maximum Gasteiger partial charge on any atom is 0.269 e. The number of aromatic nitrogens is 4. The number of benzene rings is 2. The standard InChI is InChI=1S/C16H11Br2N5/c17-12-5-1-10(2-6-12)14-9-15(11-3-7-13(18)8-4-11)23-16(19-14)20-21-22-23/h1-8,15H,9H2. The number of hydrogen-bond donors (Lipinski definition) is 0. The molecular formula is C16H11Br2N5. The molecule has 0 spiro atoms. The lowest BCUT2D eigenvalue weighted by molar-refractivity contribution is 0.515. The van der Waals surface area contributed by atoms with Crippen LogP contribution >= 0.6 is 31.9 Å². The summed E-state index contributed by atoms with van der Waals surface area (Å²) < 4.78 is 3.88. The van der Waals surface area contributed by atoms with Crippen LogP contribution in [-0.2, 0) is 0 Å². The lowest BCUT2D eigenvalue weighted by Gasteiger charge is -2.23. The summed E-state index contributed by atoms with van der Waals surface area (Å²) in [5.74, 6) is 0.544. The van der Waals surface area contributed by atoms with Crippen LogP contribution in [0.25, 0.3) is 0 Å². The third-order valence-corrected chi connectivity index (χ3v) is 4.88. The number of aliphatic imine (C=N–C) groups is 1. The van der Waals surface area contributed by atoms with E-state index < -0.39 is 0 Å². The van der Waals surface area contributed by atoms with Gasteiger partial charge in [-0.25, -0.2) is 9.67 Å². The van der Waals surface area contributed by atoms with Crippen molar-refractivity contribution in [2.24, 2.45) is 4.99 Å². The van der Waals surface area contributed by atoms with E-state index in [1.165, 1.54) is 0 Å². The van der Waals surface area contributed by atoms with Crippen molar-refractivity contribution < 1.29 is 0 Å². The number of tetrazole rings is 1. The van der Waals surface area contributed by atoms with Crippen molar-refractivity contribution in [3.63, 3.8) is 0 Å². The van der Waals surface area contributed by atoms with Crippen LogP contribution in [0.15, 0.2) is 62.5 Å². The highest BCUT2D eigenvalue weighted by atomic mass is 79.9. The van der Waals surface area contributed by atoms with Crippen molar-refractivity contribution in [3.8, 4) is 0 Å². The lowest BCUT2D eigenvalue weighted by Crippen LogP contribution is -2.21. The smallest absolute Gasteiger partial charge is 0.214 e. The van der Waals surface area contributed by atoms with Gasteiger partial charge in [0.2, 0.25) is 0 Å². The van der Waals surface area contributed by atoms with Crippen LogP contribution in [0.3, 0.4) is 0 Å². The Hall–Kier alpha value is -1.86. The molecule has 1 aliphatic heterocycles. The van der Waals surface area contributed by atoms with Gasteiger partial charge < -0.3 is 0 Å². The number of fused-ring (bicyclic) bond motifs is 1.